The maximum absolute atomic E-state index is 11.8. The molecule has 1 fully saturated rings. The van der Waals surface area contributed by atoms with Crippen molar-refractivity contribution < 1.29 is 24.1 Å². The first kappa shape index (κ1) is 18.4. The van der Waals surface area contributed by atoms with Gasteiger partial charge in [-0.25, -0.2) is 0 Å². The molecule has 0 unspecified atom stereocenters. The van der Waals surface area contributed by atoms with Gasteiger partial charge in [-0.1, -0.05) is 6.07 Å². The van der Waals surface area contributed by atoms with Crippen LogP contribution in [0.25, 0.3) is 0 Å². The maximum Gasteiger partial charge on any atom is 0.308 e. The van der Waals surface area contributed by atoms with Crippen molar-refractivity contribution in [2.24, 2.45) is 5.92 Å². The van der Waals surface area contributed by atoms with Crippen LogP contribution in [0.2, 0.25) is 0 Å². The molecule has 1 heterocycles. The van der Waals surface area contributed by atoms with Gasteiger partial charge < -0.3 is 19.3 Å². The van der Waals surface area contributed by atoms with E-state index in [4.69, 9.17) is 14.2 Å². The van der Waals surface area contributed by atoms with Crippen molar-refractivity contribution in [3.8, 4) is 17.2 Å². The fourth-order valence-electron chi connectivity index (χ4n) is 3.33. The summed E-state index contributed by atoms with van der Waals surface area (Å²) in [5.41, 5.74) is 0.751. The molecule has 1 aliphatic rings. The molecule has 1 aromatic rings. The van der Waals surface area contributed by atoms with Crippen LogP contribution in [0.1, 0.15) is 32.3 Å². The molecule has 0 aliphatic carbocycles. The first-order valence-corrected chi connectivity index (χ1v) is 8.01. The molecule has 6 nitrogen and oxygen atoms in total. The van der Waals surface area contributed by atoms with Crippen molar-refractivity contribution >= 4 is 5.97 Å². The SMILES string of the molecule is COc1ccc([C@H]2CN(C(C)(C)C)C[C@@H]2C(=O)O)c(OC)c1OC. The van der Waals surface area contributed by atoms with Crippen LogP contribution in [0.3, 0.4) is 0 Å². The van der Waals surface area contributed by atoms with E-state index in [1.54, 1.807) is 27.4 Å². The zero-order chi connectivity index (χ0) is 18.1. The zero-order valence-corrected chi connectivity index (χ0v) is 15.3. The van der Waals surface area contributed by atoms with Gasteiger partial charge in [-0.05, 0) is 26.8 Å². The summed E-state index contributed by atoms with van der Waals surface area (Å²) in [4.78, 5) is 14.0. The Balaban J connectivity index is 2.50. The van der Waals surface area contributed by atoms with E-state index in [2.05, 4.69) is 25.7 Å². The minimum Gasteiger partial charge on any atom is -0.493 e. The lowest BCUT2D eigenvalue weighted by Crippen LogP contribution is -2.40. The molecule has 0 aromatic heterocycles. The molecule has 0 amide bonds. The van der Waals surface area contributed by atoms with E-state index < -0.39 is 11.9 Å². The van der Waals surface area contributed by atoms with Crippen molar-refractivity contribution in [2.45, 2.75) is 32.2 Å². The lowest BCUT2D eigenvalue weighted by molar-refractivity contribution is -0.141. The van der Waals surface area contributed by atoms with E-state index in [-0.39, 0.29) is 11.5 Å². The van der Waals surface area contributed by atoms with Gasteiger partial charge in [0.15, 0.2) is 11.5 Å². The number of ether oxygens (including phenoxy) is 3. The molecular formula is C18H27NO5. The summed E-state index contributed by atoms with van der Waals surface area (Å²) >= 11 is 0. The number of carboxylic acids is 1. The number of carboxylic acid groups (broad SMARTS) is 1. The number of aliphatic carboxylic acids is 1. The Kier molecular flexibility index (Phi) is 5.28. The molecule has 0 saturated carbocycles. The molecule has 2 atom stereocenters. The number of rotatable bonds is 5. The molecule has 0 bridgehead atoms. The van der Waals surface area contributed by atoms with Crippen LogP contribution in [0.15, 0.2) is 12.1 Å². The summed E-state index contributed by atoms with van der Waals surface area (Å²) in [7, 11) is 4.68. The molecule has 1 N–H and O–H groups in total. The summed E-state index contributed by atoms with van der Waals surface area (Å²) < 4.78 is 16.3. The Bertz CT molecular complexity index is 608. The molecule has 1 aliphatic heterocycles. The van der Waals surface area contributed by atoms with E-state index in [1.165, 1.54) is 0 Å². The fraction of sp³-hybridized carbons (Fsp3) is 0.611. The van der Waals surface area contributed by atoms with Crippen LogP contribution >= 0.6 is 0 Å². The van der Waals surface area contributed by atoms with Crippen LogP contribution in [0.4, 0.5) is 0 Å². The van der Waals surface area contributed by atoms with Gasteiger partial charge in [0.1, 0.15) is 0 Å². The van der Waals surface area contributed by atoms with Crippen molar-refractivity contribution in [1.29, 1.82) is 0 Å². The van der Waals surface area contributed by atoms with E-state index in [0.29, 0.717) is 30.3 Å². The van der Waals surface area contributed by atoms with Crippen molar-refractivity contribution in [3.05, 3.63) is 17.7 Å². The molecule has 0 radical (unpaired) electrons. The second kappa shape index (κ2) is 6.89. The highest BCUT2D eigenvalue weighted by Gasteiger charge is 2.43. The van der Waals surface area contributed by atoms with Gasteiger partial charge in [0.05, 0.1) is 27.2 Å². The average Bonchev–Trinajstić information content (AvgIpc) is 2.98. The van der Waals surface area contributed by atoms with Gasteiger partial charge in [-0.3, -0.25) is 9.69 Å². The molecule has 6 heteroatoms. The van der Waals surface area contributed by atoms with Gasteiger partial charge in [-0.15, -0.1) is 0 Å². The number of hydrogen-bond donors (Lipinski definition) is 1. The standard InChI is InChI=1S/C18H27NO5/c1-18(2,3)19-9-12(13(10-19)17(20)21)11-7-8-14(22-4)16(24-6)15(11)23-5/h7-8,12-13H,9-10H2,1-6H3,(H,20,21)/t12-,13+/m1/s1. The van der Waals surface area contributed by atoms with Crippen LogP contribution in [0.5, 0.6) is 17.2 Å². The largest absolute Gasteiger partial charge is 0.493 e. The third kappa shape index (κ3) is 3.29. The van der Waals surface area contributed by atoms with E-state index >= 15 is 0 Å². The first-order chi connectivity index (χ1) is 11.2. The van der Waals surface area contributed by atoms with Gasteiger partial charge in [0, 0.05) is 30.1 Å². The lowest BCUT2D eigenvalue weighted by Gasteiger charge is -2.31. The monoisotopic (exact) mass is 337 g/mol. The lowest BCUT2D eigenvalue weighted by atomic mass is 9.88. The Morgan fingerprint density at radius 1 is 1.08 bits per heavy atom. The summed E-state index contributed by atoms with van der Waals surface area (Å²) in [5, 5.41) is 9.70. The minimum atomic E-state index is -0.788. The summed E-state index contributed by atoms with van der Waals surface area (Å²) in [6, 6.07) is 3.68. The summed E-state index contributed by atoms with van der Waals surface area (Å²) in [6.07, 6.45) is 0. The third-order valence-electron chi connectivity index (χ3n) is 4.72. The quantitative estimate of drug-likeness (QED) is 0.891. The average molecular weight is 337 g/mol. The number of benzene rings is 1. The highest BCUT2D eigenvalue weighted by Crippen LogP contribution is 2.47. The summed E-state index contributed by atoms with van der Waals surface area (Å²) in [5.74, 6) is 0.159. The number of methoxy groups -OCH3 is 3. The Labute approximate surface area is 143 Å². The Morgan fingerprint density at radius 3 is 2.17 bits per heavy atom. The van der Waals surface area contributed by atoms with E-state index in [0.717, 1.165) is 5.56 Å². The fourth-order valence-corrected chi connectivity index (χ4v) is 3.33. The zero-order valence-electron chi connectivity index (χ0n) is 15.3. The van der Waals surface area contributed by atoms with Crippen LogP contribution in [0, 0.1) is 5.92 Å². The first-order valence-electron chi connectivity index (χ1n) is 8.01. The number of carbonyl (C=O) groups is 1. The number of nitrogens with zero attached hydrogens (tertiary/aromatic N) is 1. The van der Waals surface area contributed by atoms with Crippen LogP contribution in [-0.2, 0) is 4.79 Å². The van der Waals surface area contributed by atoms with E-state index in [9.17, 15) is 9.90 Å². The summed E-state index contributed by atoms with van der Waals surface area (Å²) in [6.45, 7) is 7.47. The minimum absolute atomic E-state index is 0.0910. The third-order valence-corrected chi connectivity index (χ3v) is 4.72. The molecule has 134 valence electrons. The molecule has 1 saturated heterocycles. The van der Waals surface area contributed by atoms with Gasteiger partial charge in [-0.2, -0.15) is 0 Å². The van der Waals surface area contributed by atoms with Crippen molar-refractivity contribution in [1.82, 2.24) is 4.90 Å². The number of hydrogen-bond acceptors (Lipinski definition) is 5. The Hall–Kier alpha value is -1.95. The van der Waals surface area contributed by atoms with Crippen molar-refractivity contribution in [3.63, 3.8) is 0 Å². The highest BCUT2D eigenvalue weighted by atomic mass is 16.5. The van der Waals surface area contributed by atoms with Gasteiger partial charge >= 0.3 is 5.97 Å². The topological polar surface area (TPSA) is 68.2 Å². The second-order valence-electron chi connectivity index (χ2n) is 7.05. The normalized spacial score (nSPS) is 21.6. The second-order valence-corrected chi connectivity index (χ2v) is 7.05. The molecular weight excluding hydrogens is 310 g/mol. The van der Waals surface area contributed by atoms with Crippen LogP contribution in [-0.4, -0.2) is 55.9 Å². The molecule has 0 spiro atoms. The molecule has 2 rings (SSSR count). The predicted molar refractivity (Wildman–Crippen MR) is 91.3 cm³/mol. The maximum atomic E-state index is 11.8. The molecule has 1 aromatic carbocycles. The van der Waals surface area contributed by atoms with Gasteiger partial charge in [0.2, 0.25) is 5.75 Å². The smallest absolute Gasteiger partial charge is 0.308 e. The highest BCUT2D eigenvalue weighted by molar-refractivity contribution is 5.73. The van der Waals surface area contributed by atoms with Crippen molar-refractivity contribution in [2.75, 3.05) is 34.4 Å². The van der Waals surface area contributed by atoms with E-state index in [1.807, 2.05) is 6.07 Å². The van der Waals surface area contributed by atoms with Crippen LogP contribution < -0.4 is 14.2 Å². The molecule has 24 heavy (non-hydrogen) atoms. The Morgan fingerprint density at radius 2 is 1.71 bits per heavy atom. The number of likely N-dealkylation sites (tertiary alicyclic amines) is 1. The van der Waals surface area contributed by atoms with Gasteiger partial charge in [0.25, 0.3) is 0 Å². The predicted octanol–water partition coefficient (Wildman–Crippen LogP) is 2.61.